The molecule has 0 atom stereocenters. The van der Waals surface area contributed by atoms with Gasteiger partial charge in [-0.05, 0) is 25.1 Å². The van der Waals surface area contributed by atoms with Crippen LogP contribution in [0.3, 0.4) is 0 Å². The van der Waals surface area contributed by atoms with Crippen molar-refractivity contribution in [1.82, 2.24) is 0 Å². The molecule has 1 aromatic heterocycles. The number of phenols is 1. The topological polar surface area (TPSA) is 67.5 Å². The largest absolute Gasteiger partial charge is 0.507 e. The molecule has 1 heterocycles. The first-order valence-electron chi connectivity index (χ1n) is 4.77. The fraction of sp³-hybridized carbons (Fsp3) is 0.167. The van der Waals surface area contributed by atoms with Crippen LogP contribution in [0.5, 0.6) is 5.75 Å². The summed E-state index contributed by atoms with van der Waals surface area (Å²) in [5, 5.41) is 10.2. The Bertz CT molecular complexity index is 592. The van der Waals surface area contributed by atoms with E-state index >= 15 is 0 Å². The van der Waals surface area contributed by atoms with Gasteiger partial charge in [0.15, 0.2) is 17.3 Å². The summed E-state index contributed by atoms with van der Waals surface area (Å²) in [6.45, 7) is 2.75. The summed E-state index contributed by atoms with van der Waals surface area (Å²) in [6, 6.07) is 4.41. The Labute approximate surface area is 91.5 Å². The highest BCUT2D eigenvalue weighted by Crippen LogP contribution is 2.28. The summed E-state index contributed by atoms with van der Waals surface area (Å²) in [7, 11) is 0. The molecule has 1 N–H and O–H groups in total. The maximum absolute atomic E-state index is 11.2. The molecule has 16 heavy (non-hydrogen) atoms. The van der Waals surface area contributed by atoms with Crippen molar-refractivity contribution >= 4 is 22.5 Å². The van der Waals surface area contributed by atoms with Crippen LogP contribution in [-0.2, 0) is 0 Å². The molecule has 0 saturated heterocycles. The van der Waals surface area contributed by atoms with Crippen LogP contribution < -0.4 is 0 Å². The van der Waals surface area contributed by atoms with E-state index in [1.54, 1.807) is 6.07 Å². The number of furan rings is 1. The van der Waals surface area contributed by atoms with E-state index < -0.39 is 0 Å². The first-order valence-corrected chi connectivity index (χ1v) is 4.77. The zero-order valence-corrected chi connectivity index (χ0v) is 8.90. The van der Waals surface area contributed by atoms with Crippen LogP contribution in [0.1, 0.15) is 34.8 Å². The summed E-state index contributed by atoms with van der Waals surface area (Å²) in [4.78, 5) is 22.3. The van der Waals surface area contributed by atoms with Gasteiger partial charge in [-0.2, -0.15) is 0 Å². The third-order valence-electron chi connectivity index (χ3n) is 2.36. The molecule has 0 saturated carbocycles. The predicted octanol–water partition coefficient (Wildman–Crippen LogP) is 2.54. The lowest BCUT2D eigenvalue weighted by molar-refractivity contribution is 0.0987. The van der Waals surface area contributed by atoms with Crippen molar-refractivity contribution in [3.8, 4) is 5.75 Å². The van der Waals surface area contributed by atoms with E-state index in [1.165, 1.54) is 26.0 Å². The zero-order chi connectivity index (χ0) is 11.9. The number of Topliss-reactive ketones (excluding diaryl/α,β-unsaturated/α-hetero) is 2. The van der Waals surface area contributed by atoms with Gasteiger partial charge in [0.25, 0.3) is 0 Å². The molecule has 0 bridgehead atoms. The number of phenolic OH excluding ortho intramolecular Hbond substituents is 1. The Morgan fingerprint density at radius 2 is 1.81 bits per heavy atom. The van der Waals surface area contributed by atoms with Gasteiger partial charge in [0, 0.05) is 12.3 Å². The normalized spacial score (nSPS) is 10.6. The third-order valence-corrected chi connectivity index (χ3v) is 2.36. The molecule has 0 aliphatic rings. The second-order valence-corrected chi connectivity index (χ2v) is 3.63. The van der Waals surface area contributed by atoms with Crippen LogP contribution in [0.4, 0.5) is 0 Å². The molecule has 1 aromatic carbocycles. The second-order valence-electron chi connectivity index (χ2n) is 3.63. The summed E-state index contributed by atoms with van der Waals surface area (Å²) < 4.78 is 5.26. The molecular weight excluding hydrogens is 208 g/mol. The van der Waals surface area contributed by atoms with E-state index in [1.807, 2.05) is 0 Å². The number of aromatic hydroxyl groups is 1. The van der Waals surface area contributed by atoms with E-state index in [2.05, 4.69) is 0 Å². The van der Waals surface area contributed by atoms with E-state index in [0.29, 0.717) is 11.0 Å². The number of carbonyl (C=O) groups is 2. The number of fused-ring (bicyclic) bond motifs is 1. The minimum Gasteiger partial charge on any atom is -0.507 e. The van der Waals surface area contributed by atoms with Gasteiger partial charge in [-0.25, -0.2) is 0 Å². The molecule has 82 valence electrons. The van der Waals surface area contributed by atoms with Crippen LogP contribution in [0.2, 0.25) is 0 Å². The molecule has 0 fully saturated rings. The van der Waals surface area contributed by atoms with Gasteiger partial charge in [-0.3, -0.25) is 9.59 Å². The van der Waals surface area contributed by atoms with Gasteiger partial charge in [-0.1, -0.05) is 0 Å². The van der Waals surface area contributed by atoms with Crippen LogP contribution in [0.15, 0.2) is 22.6 Å². The van der Waals surface area contributed by atoms with Gasteiger partial charge in [0.1, 0.15) is 11.3 Å². The fourth-order valence-electron chi connectivity index (χ4n) is 1.53. The molecule has 4 nitrogen and oxygen atoms in total. The maximum Gasteiger partial charge on any atom is 0.194 e. The Hall–Kier alpha value is -2.10. The van der Waals surface area contributed by atoms with Crippen LogP contribution >= 0.6 is 0 Å². The molecule has 2 aromatic rings. The average molecular weight is 218 g/mol. The summed E-state index contributed by atoms with van der Waals surface area (Å²) in [5.41, 5.74) is 0.616. The highest BCUT2D eigenvalue weighted by atomic mass is 16.3. The maximum atomic E-state index is 11.2. The van der Waals surface area contributed by atoms with E-state index in [9.17, 15) is 14.7 Å². The first kappa shape index (κ1) is 10.4. The quantitative estimate of drug-likeness (QED) is 0.786. The van der Waals surface area contributed by atoms with Gasteiger partial charge < -0.3 is 9.52 Å². The van der Waals surface area contributed by atoms with Gasteiger partial charge in [0.05, 0.1) is 5.56 Å². The number of hydrogen-bond acceptors (Lipinski definition) is 4. The Morgan fingerprint density at radius 1 is 1.12 bits per heavy atom. The van der Waals surface area contributed by atoms with Crippen molar-refractivity contribution in [2.24, 2.45) is 0 Å². The van der Waals surface area contributed by atoms with Gasteiger partial charge in [0.2, 0.25) is 0 Å². The van der Waals surface area contributed by atoms with E-state index in [4.69, 9.17) is 4.42 Å². The summed E-state index contributed by atoms with van der Waals surface area (Å²) in [5.74, 6) is -0.328. The molecule has 0 radical (unpaired) electrons. The lowest BCUT2D eigenvalue weighted by atomic mass is 10.1. The number of ketones is 2. The second kappa shape index (κ2) is 3.48. The first-order chi connectivity index (χ1) is 7.49. The third kappa shape index (κ3) is 1.58. The molecule has 0 amide bonds. The molecule has 4 heteroatoms. The van der Waals surface area contributed by atoms with Crippen LogP contribution in [0, 0.1) is 0 Å². The molecule has 0 aliphatic heterocycles. The highest BCUT2D eigenvalue weighted by Gasteiger charge is 2.13. The lowest BCUT2D eigenvalue weighted by Crippen LogP contribution is -1.91. The fourth-order valence-corrected chi connectivity index (χ4v) is 1.53. The average Bonchev–Trinajstić information content (AvgIpc) is 2.58. The number of hydrogen-bond donors (Lipinski definition) is 1. The molecular formula is C12H10O4. The lowest BCUT2D eigenvalue weighted by Gasteiger charge is -1.99. The zero-order valence-electron chi connectivity index (χ0n) is 8.90. The number of benzene rings is 1. The Kier molecular flexibility index (Phi) is 2.27. The van der Waals surface area contributed by atoms with Crippen molar-refractivity contribution in [3.63, 3.8) is 0 Å². The van der Waals surface area contributed by atoms with Crippen LogP contribution in [0.25, 0.3) is 11.0 Å². The SMILES string of the molecule is CC(=O)c1cc2cc(O)c(C(C)=O)cc2o1. The molecule has 0 unspecified atom stereocenters. The van der Waals surface area contributed by atoms with Gasteiger partial charge >= 0.3 is 0 Å². The molecule has 2 rings (SSSR count). The number of carbonyl (C=O) groups excluding carboxylic acids is 2. The van der Waals surface area contributed by atoms with Crippen molar-refractivity contribution in [2.45, 2.75) is 13.8 Å². The van der Waals surface area contributed by atoms with Crippen LogP contribution in [-0.4, -0.2) is 16.7 Å². The smallest absolute Gasteiger partial charge is 0.194 e. The number of rotatable bonds is 2. The molecule has 0 spiro atoms. The summed E-state index contributed by atoms with van der Waals surface area (Å²) >= 11 is 0. The standard InChI is InChI=1S/C12H10O4/c1-6(13)9-5-12-8(3-10(9)15)4-11(16-12)7(2)14/h3-5,15H,1-2H3. The predicted molar refractivity (Wildman–Crippen MR) is 57.9 cm³/mol. The van der Waals surface area contributed by atoms with Crippen molar-refractivity contribution in [2.75, 3.05) is 0 Å². The Balaban J connectivity index is 2.70. The van der Waals surface area contributed by atoms with E-state index in [0.717, 1.165) is 0 Å². The van der Waals surface area contributed by atoms with Crippen molar-refractivity contribution in [1.29, 1.82) is 0 Å². The van der Waals surface area contributed by atoms with Crippen molar-refractivity contribution in [3.05, 3.63) is 29.5 Å². The minimum absolute atomic E-state index is 0.101. The summed E-state index contributed by atoms with van der Waals surface area (Å²) in [6.07, 6.45) is 0. The minimum atomic E-state index is -0.250. The molecule has 0 aliphatic carbocycles. The van der Waals surface area contributed by atoms with Crippen molar-refractivity contribution < 1.29 is 19.1 Å². The Morgan fingerprint density at radius 3 is 2.38 bits per heavy atom. The van der Waals surface area contributed by atoms with Gasteiger partial charge in [-0.15, -0.1) is 0 Å². The van der Waals surface area contributed by atoms with E-state index in [-0.39, 0.29) is 28.6 Å². The highest BCUT2D eigenvalue weighted by molar-refractivity contribution is 6.02. The monoisotopic (exact) mass is 218 g/mol.